The van der Waals surface area contributed by atoms with Crippen LogP contribution in [0.4, 0.5) is 0 Å². The van der Waals surface area contributed by atoms with Gasteiger partial charge in [0.25, 0.3) is 0 Å². The second kappa shape index (κ2) is 11.4. The van der Waals surface area contributed by atoms with Crippen molar-refractivity contribution >= 4 is 11.0 Å². The molecule has 10 nitrogen and oxygen atoms in total. The molecular formula is C27H32O10. The summed E-state index contributed by atoms with van der Waals surface area (Å²) in [6.07, 6.45) is -3.03. The molecule has 0 amide bonds. The van der Waals surface area contributed by atoms with Crippen molar-refractivity contribution in [2.75, 3.05) is 42.7 Å². The molecule has 3 aromatic rings. The fraction of sp³-hybridized carbons (Fsp3) is 0.444. The van der Waals surface area contributed by atoms with Crippen molar-refractivity contribution in [2.45, 2.75) is 37.6 Å². The number of benzene rings is 2. The van der Waals surface area contributed by atoms with Crippen LogP contribution in [0.15, 0.2) is 45.6 Å². The Hall–Kier alpha value is -3.31. The molecular weight excluding hydrogens is 484 g/mol. The van der Waals surface area contributed by atoms with Crippen LogP contribution in [-0.4, -0.2) is 73.4 Å². The second-order valence-corrected chi connectivity index (χ2v) is 8.43. The molecule has 0 bridgehead atoms. The minimum Gasteiger partial charge on any atom is -0.493 e. The Balaban J connectivity index is 1.90. The van der Waals surface area contributed by atoms with E-state index < -0.39 is 30.7 Å². The van der Waals surface area contributed by atoms with Crippen molar-refractivity contribution in [2.24, 2.45) is 0 Å². The van der Waals surface area contributed by atoms with E-state index in [0.29, 0.717) is 33.8 Å². The zero-order valence-corrected chi connectivity index (χ0v) is 21.9. The molecule has 10 heteroatoms. The zero-order valence-electron chi connectivity index (χ0n) is 21.9. The zero-order chi connectivity index (χ0) is 26.7. The molecule has 2 heterocycles. The van der Waals surface area contributed by atoms with Gasteiger partial charge in [-0.1, -0.05) is 12.1 Å². The van der Waals surface area contributed by atoms with Crippen LogP contribution < -0.4 is 24.4 Å². The van der Waals surface area contributed by atoms with Gasteiger partial charge < -0.3 is 42.3 Å². The quantitative estimate of drug-likeness (QED) is 0.419. The molecule has 0 N–H and O–H groups in total. The number of methoxy groups -OCH3 is 6. The summed E-state index contributed by atoms with van der Waals surface area (Å²) >= 11 is 0. The van der Waals surface area contributed by atoms with E-state index in [9.17, 15) is 4.79 Å². The summed E-state index contributed by atoms with van der Waals surface area (Å²) in [5, 5.41) is 0.351. The van der Waals surface area contributed by atoms with E-state index in [-0.39, 0.29) is 16.9 Å². The molecule has 2 aromatic carbocycles. The Morgan fingerprint density at radius 3 is 1.95 bits per heavy atom. The lowest BCUT2D eigenvalue weighted by Crippen LogP contribution is -2.60. The van der Waals surface area contributed by atoms with Crippen LogP contribution in [0.3, 0.4) is 0 Å². The third-order valence-electron chi connectivity index (χ3n) is 6.46. The van der Waals surface area contributed by atoms with Gasteiger partial charge in [-0.2, -0.15) is 0 Å². The molecule has 0 spiro atoms. The van der Waals surface area contributed by atoms with E-state index in [4.69, 9.17) is 42.3 Å². The maximum Gasteiger partial charge on any atom is 0.235 e. The predicted molar refractivity (Wildman–Crippen MR) is 135 cm³/mol. The van der Waals surface area contributed by atoms with Crippen LogP contribution in [0.1, 0.15) is 6.92 Å². The Bertz CT molecular complexity index is 1260. The average Bonchev–Trinajstić information content (AvgIpc) is 2.93. The van der Waals surface area contributed by atoms with Gasteiger partial charge in [0.2, 0.25) is 23.2 Å². The molecule has 1 aromatic heterocycles. The Morgan fingerprint density at radius 1 is 0.757 bits per heavy atom. The van der Waals surface area contributed by atoms with Gasteiger partial charge >= 0.3 is 0 Å². The molecule has 200 valence electrons. The first-order chi connectivity index (χ1) is 17.9. The highest BCUT2D eigenvalue weighted by Gasteiger charge is 2.47. The topological polar surface area (TPSA) is 104 Å². The SMILES string of the molecule is COc1cc(-c2oc3ccccc3c(=O)c2OC2OC(C)C(OC)C(OC)C2OC)cc(OC)c1OC. The molecule has 1 aliphatic heterocycles. The van der Waals surface area contributed by atoms with Crippen LogP contribution in [0.25, 0.3) is 22.3 Å². The number of rotatable bonds is 9. The van der Waals surface area contributed by atoms with E-state index in [2.05, 4.69) is 0 Å². The maximum absolute atomic E-state index is 13.8. The summed E-state index contributed by atoms with van der Waals surface area (Å²) in [7, 11) is 9.17. The van der Waals surface area contributed by atoms with Gasteiger partial charge in [-0.05, 0) is 31.2 Å². The molecule has 37 heavy (non-hydrogen) atoms. The summed E-state index contributed by atoms with van der Waals surface area (Å²) in [4.78, 5) is 13.8. The van der Waals surface area contributed by atoms with E-state index >= 15 is 0 Å². The highest BCUT2D eigenvalue weighted by Crippen LogP contribution is 2.43. The van der Waals surface area contributed by atoms with Crippen molar-refractivity contribution in [3.63, 3.8) is 0 Å². The highest BCUT2D eigenvalue weighted by atomic mass is 16.7. The maximum atomic E-state index is 13.8. The molecule has 5 unspecified atom stereocenters. The van der Waals surface area contributed by atoms with Crippen molar-refractivity contribution in [1.82, 2.24) is 0 Å². The Labute approximate surface area is 214 Å². The monoisotopic (exact) mass is 516 g/mol. The standard InChI is InChI=1S/C27H32O10/c1-14-21(31-4)25(33-6)26(34-7)27(35-14)37-24-20(28)16-10-8-9-11-17(16)36-22(24)15-12-18(29-2)23(32-5)19(13-15)30-3/h8-14,21,25-27H,1-7H3. The molecule has 0 aliphatic carbocycles. The van der Waals surface area contributed by atoms with Gasteiger partial charge in [0.05, 0.1) is 32.8 Å². The third-order valence-corrected chi connectivity index (χ3v) is 6.46. The van der Waals surface area contributed by atoms with E-state index in [0.717, 1.165) is 0 Å². The smallest absolute Gasteiger partial charge is 0.235 e. The number of fused-ring (bicyclic) bond motifs is 1. The van der Waals surface area contributed by atoms with Gasteiger partial charge in [-0.25, -0.2) is 0 Å². The van der Waals surface area contributed by atoms with Crippen LogP contribution in [0.5, 0.6) is 23.0 Å². The molecule has 0 saturated carbocycles. The fourth-order valence-electron chi connectivity index (χ4n) is 4.66. The highest BCUT2D eigenvalue weighted by molar-refractivity contribution is 5.83. The molecule has 1 aliphatic rings. The lowest BCUT2D eigenvalue weighted by atomic mass is 9.99. The Kier molecular flexibility index (Phi) is 8.23. The van der Waals surface area contributed by atoms with Crippen LogP contribution >= 0.6 is 0 Å². The van der Waals surface area contributed by atoms with Crippen LogP contribution in [-0.2, 0) is 18.9 Å². The van der Waals surface area contributed by atoms with Crippen molar-refractivity contribution in [3.8, 4) is 34.3 Å². The van der Waals surface area contributed by atoms with Gasteiger partial charge in [-0.3, -0.25) is 4.79 Å². The number of ether oxygens (including phenoxy) is 8. The second-order valence-electron chi connectivity index (χ2n) is 8.43. The van der Waals surface area contributed by atoms with E-state index in [1.54, 1.807) is 50.6 Å². The minimum absolute atomic E-state index is 0.0575. The molecule has 4 rings (SSSR count). The van der Waals surface area contributed by atoms with Gasteiger partial charge in [0, 0.05) is 26.9 Å². The number of para-hydroxylation sites is 1. The lowest BCUT2D eigenvalue weighted by molar-refractivity contribution is -0.283. The molecule has 1 saturated heterocycles. The summed E-state index contributed by atoms with van der Waals surface area (Å²) in [5.74, 6) is 1.28. The minimum atomic E-state index is -0.999. The largest absolute Gasteiger partial charge is 0.493 e. The summed E-state index contributed by atoms with van der Waals surface area (Å²) in [6, 6.07) is 10.3. The van der Waals surface area contributed by atoms with Crippen molar-refractivity contribution < 1.29 is 42.3 Å². The van der Waals surface area contributed by atoms with E-state index in [1.807, 2.05) is 6.92 Å². The van der Waals surface area contributed by atoms with Crippen molar-refractivity contribution in [3.05, 3.63) is 46.6 Å². The Morgan fingerprint density at radius 2 is 1.38 bits per heavy atom. The van der Waals surface area contributed by atoms with Crippen molar-refractivity contribution in [1.29, 1.82) is 0 Å². The van der Waals surface area contributed by atoms with Crippen LogP contribution in [0.2, 0.25) is 0 Å². The van der Waals surface area contributed by atoms with Gasteiger partial charge in [0.15, 0.2) is 17.3 Å². The fourth-order valence-corrected chi connectivity index (χ4v) is 4.66. The molecule has 5 atom stereocenters. The van der Waals surface area contributed by atoms with E-state index in [1.165, 1.54) is 28.4 Å². The average molecular weight is 517 g/mol. The lowest BCUT2D eigenvalue weighted by Gasteiger charge is -2.43. The first kappa shape index (κ1) is 26.7. The predicted octanol–water partition coefficient (Wildman–Crippen LogP) is 3.65. The van der Waals surface area contributed by atoms with Gasteiger partial charge in [-0.15, -0.1) is 0 Å². The third kappa shape index (κ3) is 4.85. The number of hydrogen-bond acceptors (Lipinski definition) is 10. The first-order valence-electron chi connectivity index (χ1n) is 11.7. The number of hydrogen-bond donors (Lipinski definition) is 0. The molecule has 1 fully saturated rings. The summed E-state index contributed by atoms with van der Waals surface area (Å²) in [6.45, 7) is 1.84. The van der Waals surface area contributed by atoms with Crippen LogP contribution in [0, 0.1) is 0 Å². The summed E-state index contributed by atoms with van der Waals surface area (Å²) < 4.78 is 52.0. The van der Waals surface area contributed by atoms with Gasteiger partial charge in [0.1, 0.15) is 23.9 Å². The molecule has 0 radical (unpaired) electrons. The normalized spacial score (nSPS) is 23.6. The summed E-state index contributed by atoms with van der Waals surface area (Å²) in [5.41, 5.74) is 0.488. The first-order valence-corrected chi connectivity index (χ1v) is 11.7.